The molecular weight excluding hydrogens is 308 g/mol. The van der Waals surface area contributed by atoms with Gasteiger partial charge in [0.25, 0.3) is 0 Å². The fourth-order valence-corrected chi connectivity index (χ4v) is 4.45. The van der Waals surface area contributed by atoms with E-state index in [0.29, 0.717) is 11.8 Å². The number of halogens is 1. The summed E-state index contributed by atoms with van der Waals surface area (Å²) in [6.07, 6.45) is 6.58. The monoisotopic (exact) mass is 334 g/mol. The Morgan fingerprint density at radius 3 is 2.61 bits per heavy atom. The van der Waals surface area contributed by atoms with E-state index in [9.17, 15) is 4.79 Å². The number of hydrogen-bond acceptors (Lipinski definition) is 2. The maximum atomic E-state index is 13.4. The molecule has 3 nitrogen and oxygen atoms in total. The molecule has 1 saturated carbocycles. The zero-order valence-electron chi connectivity index (χ0n) is 14.0. The van der Waals surface area contributed by atoms with Gasteiger partial charge in [0.1, 0.15) is 0 Å². The summed E-state index contributed by atoms with van der Waals surface area (Å²) in [5, 5.41) is 3.98. The van der Waals surface area contributed by atoms with Gasteiger partial charge < -0.3 is 10.2 Å². The fourth-order valence-electron chi connectivity index (χ4n) is 4.33. The van der Waals surface area contributed by atoms with E-state index in [1.54, 1.807) is 0 Å². The summed E-state index contributed by atoms with van der Waals surface area (Å²) in [7, 11) is 1.99. The molecule has 4 heteroatoms. The average Bonchev–Trinajstić information content (AvgIpc) is 3.04. The molecule has 1 atom stereocenters. The van der Waals surface area contributed by atoms with Gasteiger partial charge in [-0.3, -0.25) is 4.79 Å². The van der Waals surface area contributed by atoms with Gasteiger partial charge in [0.15, 0.2) is 0 Å². The largest absolute Gasteiger partial charge is 0.342 e. The van der Waals surface area contributed by atoms with E-state index < -0.39 is 0 Å². The van der Waals surface area contributed by atoms with Crippen molar-refractivity contribution in [1.82, 2.24) is 10.2 Å². The van der Waals surface area contributed by atoms with E-state index in [0.717, 1.165) is 62.3 Å². The molecule has 1 heterocycles. The molecule has 0 bridgehead atoms. The highest BCUT2D eigenvalue weighted by molar-refractivity contribution is 6.30. The minimum absolute atomic E-state index is 0.322. The number of carbonyl (C=O) groups excluding carboxylic acids is 1. The number of nitrogens with one attached hydrogen (secondary N) is 1. The lowest BCUT2D eigenvalue weighted by molar-refractivity contribution is -0.138. The number of benzene rings is 1. The third kappa shape index (κ3) is 3.41. The van der Waals surface area contributed by atoms with Gasteiger partial charge in [0, 0.05) is 18.1 Å². The minimum Gasteiger partial charge on any atom is -0.342 e. The van der Waals surface area contributed by atoms with Crippen molar-refractivity contribution in [3.05, 3.63) is 34.9 Å². The molecule has 0 aromatic heterocycles. The van der Waals surface area contributed by atoms with E-state index in [4.69, 9.17) is 11.6 Å². The summed E-state index contributed by atoms with van der Waals surface area (Å²) in [5.74, 6) is 0.938. The van der Waals surface area contributed by atoms with Crippen LogP contribution >= 0.6 is 11.6 Å². The number of nitrogens with zero attached hydrogens (tertiary/aromatic N) is 1. The third-order valence-corrected chi connectivity index (χ3v) is 5.83. The van der Waals surface area contributed by atoms with Crippen LogP contribution in [0.15, 0.2) is 24.3 Å². The topological polar surface area (TPSA) is 32.3 Å². The Balaban J connectivity index is 1.84. The Bertz CT molecular complexity index is 537. The molecular formula is C19H27ClN2O. The van der Waals surface area contributed by atoms with Crippen LogP contribution in [0.3, 0.4) is 0 Å². The van der Waals surface area contributed by atoms with Crippen LogP contribution in [0.5, 0.6) is 0 Å². The Hall–Kier alpha value is -1.06. The second-order valence-electron chi connectivity index (χ2n) is 7.11. The second-order valence-corrected chi connectivity index (χ2v) is 7.55. The summed E-state index contributed by atoms with van der Waals surface area (Å²) in [4.78, 5) is 15.5. The number of amides is 1. The van der Waals surface area contributed by atoms with Gasteiger partial charge in [-0.2, -0.15) is 0 Å². The molecule has 2 aliphatic rings. The quantitative estimate of drug-likeness (QED) is 0.912. The highest BCUT2D eigenvalue weighted by Crippen LogP contribution is 2.42. The van der Waals surface area contributed by atoms with E-state index in [1.807, 2.05) is 19.2 Å². The van der Waals surface area contributed by atoms with Crippen LogP contribution in [-0.2, 0) is 10.2 Å². The molecule has 1 amide bonds. The lowest BCUT2D eigenvalue weighted by Crippen LogP contribution is -2.47. The molecule has 23 heavy (non-hydrogen) atoms. The van der Waals surface area contributed by atoms with Crippen molar-refractivity contribution in [2.45, 2.75) is 43.9 Å². The lowest BCUT2D eigenvalue weighted by Gasteiger charge is -2.39. The molecule has 2 fully saturated rings. The van der Waals surface area contributed by atoms with Crippen molar-refractivity contribution in [1.29, 1.82) is 0 Å². The van der Waals surface area contributed by atoms with Gasteiger partial charge >= 0.3 is 0 Å². The Kier molecular flexibility index (Phi) is 5.27. The first kappa shape index (κ1) is 16.8. The van der Waals surface area contributed by atoms with Crippen molar-refractivity contribution < 1.29 is 4.79 Å². The highest BCUT2D eigenvalue weighted by atomic mass is 35.5. The fraction of sp³-hybridized carbons (Fsp3) is 0.632. The first-order chi connectivity index (χ1) is 11.2. The zero-order chi connectivity index (χ0) is 16.3. The summed E-state index contributed by atoms with van der Waals surface area (Å²) >= 11 is 6.05. The number of hydrogen-bond donors (Lipinski definition) is 1. The predicted molar refractivity (Wildman–Crippen MR) is 94.8 cm³/mol. The van der Waals surface area contributed by atoms with Crippen LogP contribution in [0.25, 0.3) is 0 Å². The minimum atomic E-state index is -0.322. The smallest absolute Gasteiger partial charge is 0.233 e. The lowest BCUT2D eigenvalue weighted by atomic mass is 9.68. The van der Waals surface area contributed by atoms with Gasteiger partial charge in [-0.25, -0.2) is 0 Å². The molecule has 1 unspecified atom stereocenters. The molecule has 126 valence electrons. The van der Waals surface area contributed by atoms with Crippen LogP contribution in [0.2, 0.25) is 5.02 Å². The summed E-state index contributed by atoms with van der Waals surface area (Å²) < 4.78 is 0. The van der Waals surface area contributed by atoms with E-state index in [2.05, 4.69) is 22.3 Å². The highest BCUT2D eigenvalue weighted by Gasteiger charge is 2.44. The SMILES string of the molecule is CNCC1CCN(C(=O)C2(c3ccc(Cl)cc3)CCCCC2)C1. The van der Waals surface area contributed by atoms with E-state index in [-0.39, 0.29) is 5.41 Å². The average molecular weight is 335 g/mol. The van der Waals surface area contributed by atoms with Gasteiger partial charge in [0.2, 0.25) is 5.91 Å². The summed E-state index contributed by atoms with van der Waals surface area (Å²) in [6, 6.07) is 7.97. The van der Waals surface area contributed by atoms with E-state index >= 15 is 0 Å². The van der Waals surface area contributed by atoms with Crippen molar-refractivity contribution in [2.24, 2.45) is 5.92 Å². The van der Waals surface area contributed by atoms with Gasteiger partial charge in [0.05, 0.1) is 5.41 Å². The standard InChI is InChI=1S/C19H27ClN2O/c1-21-13-15-9-12-22(14-15)18(23)19(10-3-2-4-11-19)16-5-7-17(20)8-6-16/h5-8,15,21H,2-4,9-14H2,1H3. The molecule has 1 aromatic carbocycles. The molecule has 1 N–H and O–H groups in total. The Morgan fingerprint density at radius 2 is 1.96 bits per heavy atom. The van der Waals surface area contributed by atoms with Crippen LogP contribution in [0.4, 0.5) is 0 Å². The van der Waals surface area contributed by atoms with Crippen LogP contribution in [0.1, 0.15) is 44.1 Å². The Morgan fingerprint density at radius 1 is 1.26 bits per heavy atom. The van der Waals surface area contributed by atoms with Gasteiger partial charge in [-0.15, -0.1) is 0 Å². The van der Waals surface area contributed by atoms with Crippen LogP contribution in [-0.4, -0.2) is 37.5 Å². The van der Waals surface area contributed by atoms with Crippen LogP contribution in [0, 0.1) is 5.92 Å². The first-order valence-electron chi connectivity index (χ1n) is 8.86. The predicted octanol–water partition coefficient (Wildman–Crippen LogP) is 3.61. The van der Waals surface area contributed by atoms with E-state index in [1.165, 1.54) is 6.42 Å². The third-order valence-electron chi connectivity index (χ3n) is 5.58. The van der Waals surface area contributed by atoms with Gasteiger partial charge in [-0.1, -0.05) is 43.0 Å². The molecule has 1 aromatic rings. The number of likely N-dealkylation sites (tertiary alicyclic amines) is 1. The van der Waals surface area contributed by atoms with Gasteiger partial charge in [-0.05, 0) is 56.5 Å². The molecule has 1 aliphatic heterocycles. The molecule has 1 aliphatic carbocycles. The zero-order valence-corrected chi connectivity index (χ0v) is 14.7. The normalized spacial score (nSPS) is 23.9. The second kappa shape index (κ2) is 7.23. The Labute approximate surface area is 144 Å². The summed E-state index contributed by atoms with van der Waals surface area (Å²) in [6.45, 7) is 2.80. The molecule has 1 saturated heterocycles. The number of carbonyl (C=O) groups is 1. The summed E-state index contributed by atoms with van der Waals surface area (Å²) in [5.41, 5.74) is 0.834. The van der Waals surface area contributed by atoms with Crippen molar-refractivity contribution in [3.8, 4) is 0 Å². The van der Waals surface area contributed by atoms with Crippen molar-refractivity contribution >= 4 is 17.5 Å². The van der Waals surface area contributed by atoms with Crippen molar-refractivity contribution in [3.63, 3.8) is 0 Å². The number of rotatable bonds is 4. The van der Waals surface area contributed by atoms with Crippen molar-refractivity contribution in [2.75, 3.05) is 26.7 Å². The molecule has 3 rings (SSSR count). The molecule has 0 radical (unpaired) electrons. The van der Waals surface area contributed by atoms with Crippen LogP contribution < -0.4 is 5.32 Å². The maximum absolute atomic E-state index is 13.4. The first-order valence-corrected chi connectivity index (χ1v) is 9.23. The molecule has 0 spiro atoms. The maximum Gasteiger partial charge on any atom is 0.233 e.